The summed E-state index contributed by atoms with van der Waals surface area (Å²) in [6.45, 7) is 6.25. The van der Waals surface area contributed by atoms with E-state index in [1.54, 1.807) is 11.1 Å². The molecule has 0 aliphatic carbocycles. The van der Waals surface area contributed by atoms with Crippen LogP contribution in [0.15, 0.2) is 48.7 Å². The fourth-order valence-corrected chi connectivity index (χ4v) is 2.37. The lowest BCUT2D eigenvalue weighted by atomic mass is 10.0. The summed E-state index contributed by atoms with van der Waals surface area (Å²) in [6, 6.07) is 13.7. The summed E-state index contributed by atoms with van der Waals surface area (Å²) in [6.07, 6.45) is 3.11. The van der Waals surface area contributed by atoms with Gasteiger partial charge in [-0.25, -0.2) is 4.98 Å². The van der Waals surface area contributed by atoms with Crippen molar-refractivity contribution in [2.75, 3.05) is 4.90 Å². The number of aromatic nitrogens is 1. The Bertz CT molecular complexity index is 593. The van der Waals surface area contributed by atoms with Crippen molar-refractivity contribution in [3.63, 3.8) is 0 Å². The van der Waals surface area contributed by atoms with Crippen LogP contribution in [0.25, 0.3) is 0 Å². The molecule has 2 aromatic rings. The number of rotatable bonds is 5. The molecule has 0 fully saturated rings. The summed E-state index contributed by atoms with van der Waals surface area (Å²) < 4.78 is 0. The number of hydrogen-bond acceptors (Lipinski definition) is 2. The maximum atomic E-state index is 12.4. The minimum absolute atomic E-state index is 0.0601. The topological polar surface area (TPSA) is 33.2 Å². The third-order valence-corrected chi connectivity index (χ3v) is 3.29. The number of carbonyl (C=O) groups excluding carboxylic acids is 1. The molecule has 21 heavy (non-hydrogen) atoms. The standard InChI is InChI=1S/C18H22N2O/c1-4-18(21)20(17-11-7-8-12-19-17)16-10-6-5-9-15(16)13-14(2)3/h5-12,14H,4,13H2,1-3H3. The zero-order valence-electron chi connectivity index (χ0n) is 12.9. The number of nitrogens with zero attached hydrogens (tertiary/aromatic N) is 2. The molecule has 0 aliphatic heterocycles. The van der Waals surface area contributed by atoms with E-state index in [9.17, 15) is 4.79 Å². The van der Waals surface area contributed by atoms with E-state index >= 15 is 0 Å². The zero-order chi connectivity index (χ0) is 15.2. The van der Waals surface area contributed by atoms with Crippen molar-refractivity contribution in [1.82, 2.24) is 4.98 Å². The Kier molecular flexibility index (Phi) is 5.09. The molecule has 3 heteroatoms. The Balaban J connectivity index is 2.50. The second-order valence-electron chi connectivity index (χ2n) is 5.50. The highest BCUT2D eigenvalue weighted by Gasteiger charge is 2.20. The number of anilines is 2. The lowest BCUT2D eigenvalue weighted by molar-refractivity contribution is -0.117. The molecule has 0 N–H and O–H groups in total. The molecule has 1 aromatic carbocycles. The van der Waals surface area contributed by atoms with Gasteiger partial charge >= 0.3 is 0 Å². The number of pyridine rings is 1. The number of para-hydroxylation sites is 1. The first kappa shape index (κ1) is 15.2. The molecule has 0 spiro atoms. The summed E-state index contributed by atoms with van der Waals surface area (Å²) >= 11 is 0. The number of benzene rings is 1. The number of carbonyl (C=O) groups is 1. The fourth-order valence-electron chi connectivity index (χ4n) is 2.37. The first-order valence-electron chi connectivity index (χ1n) is 7.45. The van der Waals surface area contributed by atoms with Crippen LogP contribution in [0.4, 0.5) is 11.5 Å². The number of hydrogen-bond donors (Lipinski definition) is 0. The van der Waals surface area contributed by atoms with Gasteiger partial charge in [-0.15, -0.1) is 0 Å². The van der Waals surface area contributed by atoms with Crippen molar-refractivity contribution in [2.24, 2.45) is 5.92 Å². The van der Waals surface area contributed by atoms with Crippen molar-refractivity contribution >= 4 is 17.4 Å². The van der Waals surface area contributed by atoms with Gasteiger partial charge in [0.1, 0.15) is 5.82 Å². The lowest BCUT2D eigenvalue weighted by Gasteiger charge is -2.24. The minimum atomic E-state index is 0.0601. The highest BCUT2D eigenvalue weighted by molar-refractivity contribution is 6.00. The van der Waals surface area contributed by atoms with E-state index < -0.39 is 0 Å². The lowest BCUT2D eigenvalue weighted by Crippen LogP contribution is -2.27. The van der Waals surface area contributed by atoms with Crippen molar-refractivity contribution in [3.8, 4) is 0 Å². The molecule has 0 unspecified atom stereocenters. The van der Waals surface area contributed by atoms with E-state index in [0.717, 1.165) is 12.1 Å². The second kappa shape index (κ2) is 7.02. The molecule has 0 aliphatic rings. The van der Waals surface area contributed by atoms with Gasteiger partial charge in [0, 0.05) is 12.6 Å². The van der Waals surface area contributed by atoms with Crippen LogP contribution in [0.5, 0.6) is 0 Å². The van der Waals surface area contributed by atoms with E-state index in [1.165, 1.54) is 5.56 Å². The molecule has 0 atom stereocenters. The predicted molar refractivity (Wildman–Crippen MR) is 86.7 cm³/mol. The Labute approximate surface area is 126 Å². The molecule has 0 radical (unpaired) electrons. The van der Waals surface area contributed by atoms with Gasteiger partial charge in [0.2, 0.25) is 5.91 Å². The fraction of sp³-hybridized carbons (Fsp3) is 0.333. The molecule has 0 saturated carbocycles. The van der Waals surface area contributed by atoms with Crippen molar-refractivity contribution < 1.29 is 4.79 Å². The van der Waals surface area contributed by atoms with E-state index in [0.29, 0.717) is 18.2 Å². The molecule has 0 saturated heterocycles. The monoisotopic (exact) mass is 282 g/mol. The molecule has 3 nitrogen and oxygen atoms in total. The number of amides is 1. The molecule has 2 rings (SSSR count). The van der Waals surface area contributed by atoms with Crippen LogP contribution in [0.3, 0.4) is 0 Å². The normalized spacial score (nSPS) is 10.7. The van der Waals surface area contributed by atoms with Gasteiger partial charge in [-0.05, 0) is 36.1 Å². The van der Waals surface area contributed by atoms with Gasteiger partial charge in [-0.2, -0.15) is 0 Å². The Morgan fingerprint density at radius 3 is 2.48 bits per heavy atom. The van der Waals surface area contributed by atoms with Gasteiger partial charge in [-0.3, -0.25) is 9.69 Å². The maximum absolute atomic E-state index is 12.4. The highest BCUT2D eigenvalue weighted by atomic mass is 16.2. The maximum Gasteiger partial charge on any atom is 0.232 e. The Morgan fingerprint density at radius 2 is 1.86 bits per heavy atom. The van der Waals surface area contributed by atoms with E-state index in [1.807, 2.05) is 43.3 Å². The summed E-state index contributed by atoms with van der Waals surface area (Å²) in [4.78, 5) is 18.5. The van der Waals surface area contributed by atoms with Crippen LogP contribution in [0.1, 0.15) is 32.8 Å². The summed E-state index contributed by atoms with van der Waals surface area (Å²) in [5, 5.41) is 0. The summed E-state index contributed by atoms with van der Waals surface area (Å²) in [5.41, 5.74) is 2.12. The average Bonchev–Trinajstić information content (AvgIpc) is 2.49. The van der Waals surface area contributed by atoms with E-state index in [2.05, 4.69) is 24.9 Å². The van der Waals surface area contributed by atoms with Gasteiger partial charge in [-0.1, -0.05) is 45.0 Å². The van der Waals surface area contributed by atoms with Crippen LogP contribution >= 0.6 is 0 Å². The first-order valence-corrected chi connectivity index (χ1v) is 7.45. The SMILES string of the molecule is CCC(=O)N(c1ccccn1)c1ccccc1CC(C)C. The Hall–Kier alpha value is -2.16. The van der Waals surface area contributed by atoms with E-state index in [4.69, 9.17) is 0 Å². The van der Waals surface area contributed by atoms with Crippen molar-refractivity contribution in [1.29, 1.82) is 0 Å². The highest BCUT2D eigenvalue weighted by Crippen LogP contribution is 2.29. The summed E-state index contributed by atoms with van der Waals surface area (Å²) in [5.74, 6) is 1.28. The molecule has 1 amide bonds. The van der Waals surface area contributed by atoms with Gasteiger partial charge in [0.25, 0.3) is 0 Å². The predicted octanol–water partition coefficient (Wildman–Crippen LogP) is 4.35. The molecule has 1 aromatic heterocycles. The van der Waals surface area contributed by atoms with Crippen LogP contribution < -0.4 is 4.90 Å². The van der Waals surface area contributed by atoms with Gasteiger partial charge < -0.3 is 0 Å². The third-order valence-electron chi connectivity index (χ3n) is 3.29. The van der Waals surface area contributed by atoms with Crippen molar-refractivity contribution in [2.45, 2.75) is 33.6 Å². The van der Waals surface area contributed by atoms with E-state index in [-0.39, 0.29) is 5.91 Å². The average molecular weight is 282 g/mol. The molecule has 0 bridgehead atoms. The zero-order valence-corrected chi connectivity index (χ0v) is 12.9. The third kappa shape index (κ3) is 3.69. The molecular weight excluding hydrogens is 260 g/mol. The molecule has 1 heterocycles. The largest absolute Gasteiger partial charge is 0.274 e. The Morgan fingerprint density at radius 1 is 1.14 bits per heavy atom. The van der Waals surface area contributed by atoms with Crippen LogP contribution in [-0.2, 0) is 11.2 Å². The first-order chi connectivity index (χ1) is 10.1. The van der Waals surface area contributed by atoms with Gasteiger partial charge in [0.15, 0.2) is 0 Å². The molecular formula is C18H22N2O. The minimum Gasteiger partial charge on any atom is -0.274 e. The second-order valence-corrected chi connectivity index (χ2v) is 5.50. The van der Waals surface area contributed by atoms with Crippen LogP contribution in [-0.4, -0.2) is 10.9 Å². The van der Waals surface area contributed by atoms with Crippen LogP contribution in [0.2, 0.25) is 0 Å². The summed E-state index contributed by atoms with van der Waals surface area (Å²) in [7, 11) is 0. The molecule has 110 valence electrons. The van der Waals surface area contributed by atoms with Crippen molar-refractivity contribution in [3.05, 3.63) is 54.2 Å². The quantitative estimate of drug-likeness (QED) is 0.816. The van der Waals surface area contributed by atoms with Crippen LogP contribution in [0, 0.1) is 5.92 Å². The van der Waals surface area contributed by atoms with Gasteiger partial charge in [0.05, 0.1) is 5.69 Å². The smallest absolute Gasteiger partial charge is 0.232 e.